The molecule has 0 radical (unpaired) electrons. The third kappa shape index (κ3) is 3.43. The molecule has 0 spiro atoms. The third-order valence-electron chi connectivity index (χ3n) is 1.66. The van der Waals surface area contributed by atoms with E-state index >= 15 is 0 Å². The number of hydrogen-bond donors (Lipinski definition) is 0. The lowest BCUT2D eigenvalue weighted by molar-refractivity contribution is -0.341. The van der Waals surface area contributed by atoms with Crippen molar-refractivity contribution in [2.45, 2.75) is 24.4 Å². The van der Waals surface area contributed by atoms with Gasteiger partial charge in [0.05, 0.1) is 11.8 Å². The molecule has 0 aromatic rings. The number of thioether (sulfide) groups is 1. The summed E-state index contributed by atoms with van der Waals surface area (Å²) in [5, 5.41) is 8.01. The number of hydrogen-bond acceptors (Lipinski definition) is 2. The highest BCUT2D eigenvalue weighted by molar-refractivity contribution is 7.99. The van der Waals surface area contributed by atoms with Gasteiger partial charge in [0.1, 0.15) is 0 Å². The fraction of sp³-hybridized carbons (Fsp3) is 0.857. The van der Waals surface area contributed by atoms with Crippen molar-refractivity contribution in [3.05, 3.63) is 0 Å². The first-order chi connectivity index (χ1) is 7.06. The lowest BCUT2D eigenvalue weighted by atomic mass is 10.0. The first-order valence-corrected chi connectivity index (χ1v) is 4.99. The molecule has 0 aliphatic carbocycles. The third-order valence-corrected chi connectivity index (χ3v) is 2.48. The van der Waals surface area contributed by atoms with Crippen LogP contribution in [-0.2, 0) is 0 Å². The van der Waals surface area contributed by atoms with E-state index in [1.807, 2.05) is 0 Å². The maximum Gasteiger partial charge on any atom is 0.431 e. The Hall–Kier alpha value is -0.650. The second-order valence-electron chi connectivity index (χ2n) is 2.76. The van der Waals surface area contributed by atoms with Gasteiger partial charge < -0.3 is 0 Å². The molecule has 0 N–H and O–H groups in total. The molecule has 0 bridgehead atoms. The zero-order chi connectivity index (χ0) is 13.0. The molecule has 0 aromatic heterocycles. The highest BCUT2D eigenvalue weighted by atomic mass is 32.2. The van der Waals surface area contributed by atoms with Crippen molar-refractivity contribution in [1.82, 2.24) is 0 Å². The van der Waals surface area contributed by atoms with Gasteiger partial charge in [0, 0.05) is 6.42 Å². The summed E-state index contributed by atoms with van der Waals surface area (Å²) in [5.41, 5.74) is -5.21. The lowest BCUT2D eigenvalue weighted by Crippen LogP contribution is -2.53. The molecule has 0 atom stereocenters. The zero-order valence-electron chi connectivity index (χ0n) is 7.62. The van der Waals surface area contributed by atoms with Gasteiger partial charge in [-0.1, -0.05) is 0 Å². The van der Waals surface area contributed by atoms with Crippen molar-refractivity contribution in [3.63, 3.8) is 0 Å². The molecule has 0 saturated carbocycles. The van der Waals surface area contributed by atoms with Crippen LogP contribution in [0.15, 0.2) is 0 Å². The normalized spacial score (nSPS) is 13.6. The summed E-state index contributed by atoms with van der Waals surface area (Å²) in [6, 6.07) is 1.51. The fourth-order valence-corrected chi connectivity index (χ4v) is 1.44. The molecule has 0 unspecified atom stereocenters. The average molecular weight is 269 g/mol. The first kappa shape index (κ1) is 15.3. The van der Waals surface area contributed by atoms with E-state index in [0.29, 0.717) is 11.8 Å². The van der Waals surface area contributed by atoms with Gasteiger partial charge in [-0.2, -0.15) is 31.6 Å². The molecule has 0 aromatic carbocycles. The van der Waals surface area contributed by atoms with Crippen LogP contribution in [0, 0.1) is 11.3 Å². The van der Waals surface area contributed by atoms with Crippen LogP contribution in [0.2, 0.25) is 0 Å². The summed E-state index contributed by atoms with van der Waals surface area (Å²) in [6.07, 6.45) is -13.7. The average Bonchev–Trinajstić information content (AvgIpc) is 2.08. The van der Waals surface area contributed by atoms with Crippen LogP contribution in [0.1, 0.15) is 6.42 Å². The van der Waals surface area contributed by atoms with Gasteiger partial charge in [-0.25, -0.2) is 4.39 Å². The van der Waals surface area contributed by atoms with Crippen molar-refractivity contribution >= 4 is 11.8 Å². The maximum absolute atomic E-state index is 12.9. The molecule has 0 heterocycles. The quantitative estimate of drug-likeness (QED) is 0.576. The predicted octanol–water partition coefficient (Wildman–Crippen LogP) is 3.47. The van der Waals surface area contributed by atoms with Crippen molar-refractivity contribution in [3.8, 4) is 6.07 Å². The molecule has 0 saturated heterocycles. The molecule has 0 rings (SSSR count). The Labute approximate surface area is 90.6 Å². The monoisotopic (exact) mass is 269 g/mol. The van der Waals surface area contributed by atoms with Gasteiger partial charge in [-0.15, -0.1) is 11.8 Å². The Bertz CT molecular complexity index is 249. The Morgan fingerprint density at radius 2 is 1.38 bits per heavy atom. The van der Waals surface area contributed by atoms with Gasteiger partial charge in [-0.3, -0.25) is 0 Å². The Balaban J connectivity index is 4.66. The van der Waals surface area contributed by atoms with Gasteiger partial charge in [0.2, 0.25) is 0 Å². The molecular formula is C7H6F7NS. The minimum absolute atomic E-state index is 0.286. The van der Waals surface area contributed by atoms with E-state index in [1.54, 1.807) is 0 Å². The Morgan fingerprint density at radius 3 is 1.69 bits per heavy atom. The van der Waals surface area contributed by atoms with Gasteiger partial charge >= 0.3 is 12.4 Å². The van der Waals surface area contributed by atoms with E-state index in [9.17, 15) is 30.7 Å². The fourth-order valence-electron chi connectivity index (χ4n) is 0.775. The van der Waals surface area contributed by atoms with Crippen LogP contribution < -0.4 is 0 Å². The van der Waals surface area contributed by atoms with Crippen molar-refractivity contribution in [1.29, 1.82) is 5.26 Å². The van der Waals surface area contributed by atoms with Crippen LogP contribution in [0.5, 0.6) is 0 Å². The molecule has 0 aliphatic heterocycles. The van der Waals surface area contributed by atoms with Crippen molar-refractivity contribution in [2.75, 3.05) is 11.5 Å². The second-order valence-corrected chi connectivity index (χ2v) is 3.86. The van der Waals surface area contributed by atoms with E-state index in [2.05, 4.69) is 0 Å². The minimum atomic E-state index is -6.00. The van der Waals surface area contributed by atoms with Crippen molar-refractivity contribution < 1.29 is 30.7 Å². The maximum atomic E-state index is 12.9. The van der Waals surface area contributed by atoms with E-state index in [1.165, 1.54) is 6.07 Å². The number of nitriles is 1. The first-order valence-electron chi connectivity index (χ1n) is 3.83. The smallest absolute Gasteiger partial charge is 0.224 e. The summed E-state index contributed by atoms with van der Waals surface area (Å²) in [7, 11) is 0. The number of nitrogens with zero attached hydrogens (tertiary/aromatic N) is 1. The number of alkyl halides is 7. The zero-order valence-corrected chi connectivity index (χ0v) is 8.44. The number of rotatable bonds is 4. The summed E-state index contributed by atoms with van der Waals surface area (Å²) < 4.78 is 84.5. The van der Waals surface area contributed by atoms with E-state index < -0.39 is 30.2 Å². The molecule has 1 nitrogen and oxygen atoms in total. The largest absolute Gasteiger partial charge is 0.431 e. The van der Waals surface area contributed by atoms with Crippen molar-refractivity contribution in [2.24, 2.45) is 0 Å². The summed E-state index contributed by atoms with van der Waals surface area (Å²) in [4.78, 5) is 0. The second kappa shape index (κ2) is 5.12. The van der Waals surface area contributed by atoms with Crippen LogP contribution in [0.4, 0.5) is 30.7 Å². The summed E-state index contributed by atoms with van der Waals surface area (Å²) >= 11 is 0.511. The molecule has 0 fully saturated rings. The van der Waals surface area contributed by atoms with Crippen LogP contribution >= 0.6 is 11.8 Å². The predicted molar refractivity (Wildman–Crippen MR) is 43.5 cm³/mol. The summed E-state index contributed by atoms with van der Waals surface area (Å²) in [5.74, 6) is -1.02. The van der Waals surface area contributed by atoms with E-state index in [0.717, 1.165) is 0 Å². The molecule has 9 heteroatoms. The molecule has 0 amide bonds. The van der Waals surface area contributed by atoms with E-state index in [4.69, 9.17) is 5.26 Å². The highest BCUT2D eigenvalue weighted by Gasteiger charge is 2.71. The summed E-state index contributed by atoms with van der Waals surface area (Å²) in [6.45, 7) is 0. The number of halogens is 7. The molecule has 94 valence electrons. The molecule has 0 aliphatic rings. The van der Waals surface area contributed by atoms with Crippen LogP contribution in [0.25, 0.3) is 0 Å². The Morgan fingerprint density at radius 1 is 0.938 bits per heavy atom. The van der Waals surface area contributed by atoms with Crippen LogP contribution in [-0.4, -0.2) is 29.5 Å². The standard InChI is InChI=1S/C7H6F7NS/c8-5(6(9,10)11,7(12,13)14)1-3-16-4-2-15/h1,3-4H2. The van der Waals surface area contributed by atoms with Gasteiger partial charge in [0.25, 0.3) is 5.67 Å². The lowest BCUT2D eigenvalue weighted by Gasteiger charge is -2.29. The molecule has 16 heavy (non-hydrogen) atoms. The SMILES string of the molecule is N#CCSCCC(F)(C(F)(F)F)C(F)(F)F. The molecular weight excluding hydrogens is 263 g/mol. The Kier molecular flexibility index (Phi) is 4.91. The van der Waals surface area contributed by atoms with Gasteiger partial charge in [0.15, 0.2) is 0 Å². The highest BCUT2D eigenvalue weighted by Crippen LogP contribution is 2.48. The minimum Gasteiger partial charge on any atom is -0.224 e. The van der Waals surface area contributed by atoms with Crippen LogP contribution in [0.3, 0.4) is 0 Å². The van der Waals surface area contributed by atoms with Gasteiger partial charge in [-0.05, 0) is 5.75 Å². The van der Waals surface area contributed by atoms with E-state index in [-0.39, 0.29) is 5.75 Å². The topological polar surface area (TPSA) is 23.8 Å².